The van der Waals surface area contributed by atoms with Crippen molar-refractivity contribution in [3.63, 3.8) is 0 Å². The molecule has 0 radical (unpaired) electrons. The monoisotopic (exact) mass is 233 g/mol. The van der Waals surface area contributed by atoms with E-state index in [2.05, 4.69) is 42.4 Å². The minimum absolute atomic E-state index is 0.812. The van der Waals surface area contributed by atoms with Crippen LogP contribution in [0.1, 0.15) is 18.1 Å². The van der Waals surface area contributed by atoms with Crippen LogP contribution in [0.25, 0.3) is 0 Å². The standard InChI is InChI=1S/C14H19NS/c1-3-10-16-11-9-15-12-14-7-5-13(4-2)6-8-14/h1,5-8,15H,4,9-12H2,2H3. The molecule has 1 rings (SSSR count). The fraction of sp³-hybridized carbons (Fsp3) is 0.429. The Morgan fingerprint density at radius 1 is 1.25 bits per heavy atom. The van der Waals surface area contributed by atoms with Crippen molar-refractivity contribution < 1.29 is 0 Å². The van der Waals surface area contributed by atoms with E-state index in [0.717, 1.165) is 31.0 Å². The summed E-state index contributed by atoms with van der Waals surface area (Å²) in [6.45, 7) is 4.14. The molecule has 1 aromatic rings. The van der Waals surface area contributed by atoms with Crippen LogP contribution in [0.4, 0.5) is 0 Å². The van der Waals surface area contributed by atoms with Crippen LogP contribution >= 0.6 is 11.8 Å². The minimum atomic E-state index is 0.812. The Balaban J connectivity index is 2.15. The van der Waals surface area contributed by atoms with E-state index in [0.29, 0.717) is 0 Å². The predicted octanol–water partition coefficient (Wildman–Crippen LogP) is 2.71. The summed E-state index contributed by atoms with van der Waals surface area (Å²) in [7, 11) is 0. The molecule has 0 aliphatic rings. The van der Waals surface area contributed by atoms with Gasteiger partial charge < -0.3 is 5.32 Å². The van der Waals surface area contributed by atoms with Gasteiger partial charge in [-0.05, 0) is 17.5 Å². The average Bonchev–Trinajstić information content (AvgIpc) is 2.34. The van der Waals surface area contributed by atoms with Crippen molar-refractivity contribution in [2.24, 2.45) is 0 Å². The molecule has 1 aromatic carbocycles. The fourth-order valence-corrected chi connectivity index (χ4v) is 1.95. The summed E-state index contributed by atoms with van der Waals surface area (Å²) in [5, 5.41) is 3.41. The van der Waals surface area contributed by atoms with E-state index < -0.39 is 0 Å². The van der Waals surface area contributed by atoms with E-state index in [1.54, 1.807) is 11.8 Å². The summed E-state index contributed by atoms with van der Waals surface area (Å²) >= 11 is 1.80. The maximum Gasteiger partial charge on any atom is 0.0545 e. The number of nitrogens with one attached hydrogen (secondary N) is 1. The molecule has 0 aromatic heterocycles. The Bertz CT molecular complexity index is 324. The van der Waals surface area contributed by atoms with E-state index in [-0.39, 0.29) is 0 Å². The molecule has 0 spiro atoms. The summed E-state index contributed by atoms with van der Waals surface area (Å²) in [6.07, 6.45) is 6.28. The van der Waals surface area contributed by atoms with Crippen molar-refractivity contribution >= 4 is 11.8 Å². The van der Waals surface area contributed by atoms with E-state index in [4.69, 9.17) is 6.42 Å². The van der Waals surface area contributed by atoms with Crippen molar-refractivity contribution in [2.45, 2.75) is 19.9 Å². The van der Waals surface area contributed by atoms with Crippen LogP contribution in [0.2, 0.25) is 0 Å². The highest BCUT2D eigenvalue weighted by atomic mass is 32.2. The molecule has 0 bridgehead atoms. The number of thioether (sulfide) groups is 1. The summed E-state index contributed by atoms with van der Waals surface area (Å²) in [5.74, 6) is 4.52. The third-order valence-corrected chi connectivity index (χ3v) is 3.23. The molecule has 0 amide bonds. The first-order valence-electron chi connectivity index (χ1n) is 5.66. The zero-order valence-corrected chi connectivity index (χ0v) is 10.6. The van der Waals surface area contributed by atoms with Crippen molar-refractivity contribution in [2.75, 3.05) is 18.1 Å². The van der Waals surface area contributed by atoms with Crippen molar-refractivity contribution in [3.8, 4) is 12.3 Å². The molecular formula is C14H19NS. The molecule has 0 atom stereocenters. The summed E-state index contributed by atoms with van der Waals surface area (Å²) in [4.78, 5) is 0. The van der Waals surface area contributed by atoms with E-state index in [9.17, 15) is 0 Å². The number of terminal acetylenes is 1. The molecule has 16 heavy (non-hydrogen) atoms. The maximum atomic E-state index is 5.17. The van der Waals surface area contributed by atoms with Gasteiger partial charge in [-0.25, -0.2) is 0 Å². The van der Waals surface area contributed by atoms with Gasteiger partial charge in [0.15, 0.2) is 0 Å². The Morgan fingerprint density at radius 2 is 1.94 bits per heavy atom. The van der Waals surface area contributed by atoms with Gasteiger partial charge in [-0.2, -0.15) is 0 Å². The third-order valence-electron chi connectivity index (χ3n) is 2.37. The fourth-order valence-electron chi connectivity index (χ4n) is 1.40. The average molecular weight is 233 g/mol. The SMILES string of the molecule is C#CCSCCNCc1ccc(CC)cc1. The zero-order chi connectivity index (χ0) is 11.6. The molecular weight excluding hydrogens is 214 g/mol. The molecule has 0 aliphatic heterocycles. The minimum Gasteiger partial charge on any atom is -0.312 e. The predicted molar refractivity (Wildman–Crippen MR) is 73.7 cm³/mol. The molecule has 0 fully saturated rings. The topological polar surface area (TPSA) is 12.0 Å². The van der Waals surface area contributed by atoms with E-state index in [1.807, 2.05) is 0 Å². The number of aryl methyl sites for hydroxylation is 1. The Labute approximate surface area is 103 Å². The van der Waals surface area contributed by atoms with Crippen LogP contribution in [-0.4, -0.2) is 18.1 Å². The van der Waals surface area contributed by atoms with Gasteiger partial charge in [-0.3, -0.25) is 0 Å². The lowest BCUT2D eigenvalue weighted by Gasteiger charge is -2.05. The number of rotatable bonds is 7. The van der Waals surface area contributed by atoms with Crippen LogP contribution < -0.4 is 5.32 Å². The van der Waals surface area contributed by atoms with Gasteiger partial charge >= 0.3 is 0 Å². The van der Waals surface area contributed by atoms with Crippen LogP contribution in [0.5, 0.6) is 0 Å². The maximum absolute atomic E-state index is 5.17. The molecule has 0 saturated heterocycles. The Hall–Kier alpha value is -0.910. The van der Waals surface area contributed by atoms with Gasteiger partial charge in [0.1, 0.15) is 0 Å². The van der Waals surface area contributed by atoms with Crippen LogP contribution in [0.15, 0.2) is 24.3 Å². The van der Waals surface area contributed by atoms with Crippen molar-refractivity contribution in [1.29, 1.82) is 0 Å². The van der Waals surface area contributed by atoms with E-state index >= 15 is 0 Å². The van der Waals surface area contributed by atoms with Gasteiger partial charge in [0.25, 0.3) is 0 Å². The smallest absolute Gasteiger partial charge is 0.0545 e. The summed E-state index contributed by atoms with van der Waals surface area (Å²) in [6, 6.07) is 8.79. The van der Waals surface area contributed by atoms with E-state index in [1.165, 1.54) is 11.1 Å². The molecule has 1 nitrogen and oxygen atoms in total. The van der Waals surface area contributed by atoms with Crippen LogP contribution in [0, 0.1) is 12.3 Å². The molecule has 0 heterocycles. The Morgan fingerprint density at radius 3 is 2.56 bits per heavy atom. The van der Waals surface area contributed by atoms with Gasteiger partial charge in [0.05, 0.1) is 5.75 Å². The molecule has 0 saturated carbocycles. The van der Waals surface area contributed by atoms with Gasteiger partial charge in [-0.15, -0.1) is 18.2 Å². The zero-order valence-electron chi connectivity index (χ0n) is 9.83. The second-order valence-electron chi connectivity index (χ2n) is 3.60. The molecule has 0 unspecified atom stereocenters. The van der Waals surface area contributed by atoms with Gasteiger partial charge in [0, 0.05) is 18.8 Å². The van der Waals surface area contributed by atoms with Gasteiger partial charge in [0.2, 0.25) is 0 Å². The second-order valence-corrected chi connectivity index (χ2v) is 4.71. The molecule has 0 aliphatic carbocycles. The number of benzene rings is 1. The molecule has 1 N–H and O–H groups in total. The Kier molecular flexibility index (Phi) is 6.80. The lowest BCUT2D eigenvalue weighted by molar-refractivity contribution is 0.732. The first kappa shape index (κ1) is 13.2. The highest BCUT2D eigenvalue weighted by molar-refractivity contribution is 7.99. The normalized spacial score (nSPS) is 10.0. The van der Waals surface area contributed by atoms with Crippen molar-refractivity contribution in [3.05, 3.63) is 35.4 Å². The second kappa shape index (κ2) is 8.27. The highest BCUT2D eigenvalue weighted by Gasteiger charge is 1.93. The quantitative estimate of drug-likeness (QED) is 0.574. The highest BCUT2D eigenvalue weighted by Crippen LogP contribution is 2.04. The lowest BCUT2D eigenvalue weighted by atomic mass is 10.1. The first-order chi connectivity index (χ1) is 7.86. The summed E-state index contributed by atoms with van der Waals surface area (Å²) in [5.41, 5.74) is 2.74. The first-order valence-corrected chi connectivity index (χ1v) is 6.82. The van der Waals surface area contributed by atoms with Crippen LogP contribution in [-0.2, 0) is 13.0 Å². The van der Waals surface area contributed by atoms with Gasteiger partial charge in [-0.1, -0.05) is 37.1 Å². The lowest BCUT2D eigenvalue weighted by Crippen LogP contribution is -2.16. The number of hydrogen-bond donors (Lipinski definition) is 1. The molecule has 2 heteroatoms. The third kappa shape index (κ3) is 5.25. The molecule has 86 valence electrons. The number of hydrogen-bond acceptors (Lipinski definition) is 2. The van der Waals surface area contributed by atoms with Crippen molar-refractivity contribution in [1.82, 2.24) is 5.32 Å². The largest absolute Gasteiger partial charge is 0.312 e. The summed E-state index contributed by atoms with van der Waals surface area (Å²) < 4.78 is 0. The van der Waals surface area contributed by atoms with Crippen LogP contribution in [0.3, 0.4) is 0 Å².